The number of aryl methyl sites for hydroxylation is 14. The number of hydrogen-bond donors (Lipinski definition) is 0. The van der Waals surface area contributed by atoms with E-state index in [2.05, 4.69) is 232 Å². The van der Waals surface area contributed by atoms with Gasteiger partial charge in [0.1, 0.15) is 6.07 Å². The van der Waals surface area contributed by atoms with Gasteiger partial charge >= 0.3 is 0 Å². The molecule has 12 aromatic rings. The van der Waals surface area contributed by atoms with Gasteiger partial charge in [0.05, 0.1) is 39.0 Å². The van der Waals surface area contributed by atoms with Crippen LogP contribution >= 0.6 is 0 Å². The second-order valence-electron chi connectivity index (χ2n) is 22.7. The first-order valence-electron chi connectivity index (χ1n) is 27.3. The molecule has 12 rings (SSSR count). The van der Waals surface area contributed by atoms with Crippen LogP contribution in [0.3, 0.4) is 0 Å². The largest absolute Gasteiger partial charge is 0.308 e. The first kappa shape index (κ1) is 50.0. The summed E-state index contributed by atoms with van der Waals surface area (Å²) >= 11 is 0. The molecule has 0 amide bonds. The highest BCUT2D eigenvalue weighted by molar-refractivity contribution is 6.13. The molecule has 0 N–H and O–H groups in total. The van der Waals surface area contributed by atoms with E-state index in [0.29, 0.717) is 11.4 Å². The van der Waals surface area contributed by atoms with Gasteiger partial charge in [0.15, 0.2) is 5.82 Å². The highest BCUT2D eigenvalue weighted by atomic mass is 15.0. The van der Waals surface area contributed by atoms with E-state index in [-0.39, 0.29) is 0 Å². The minimum absolute atomic E-state index is 0.538. The predicted molar refractivity (Wildman–Crippen MR) is 329 cm³/mol. The molecule has 0 spiro atoms. The summed E-state index contributed by atoms with van der Waals surface area (Å²) in [6.07, 6.45) is 0. The molecule has 0 atom stereocenters. The molecule has 0 aliphatic heterocycles. The van der Waals surface area contributed by atoms with E-state index in [4.69, 9.17) is 9.97 Å². The van der Waals surface area contributed by atoms with Crippen molar-refractivity contribution in [2.75, 3.05) is 0 Å². The molecule has 78 heavy (non-hydrogen) atoms. The van der Waals surface area contributed by atoms with Crippen LogP contribution in [-0.4, -0.2) is 19.1 Å². The topological polar surface area (TPSA) is 59.4 Å². The van der Waals surface area contributed by atoms with Crippen LogP contribution < -0.4 is 0 Å². The van der Waals surface area contributed by atoms with E-state index >= 15 is 0 Å². The normalized spacial score (nSPS) is 11.7. The Hall–Kier alpha value is -8.85. The fourth-order valence-electron chi connectivity index (χ4n) is 13.8. The van der Waals surface area contributed by atoms with Crippen molar-refractivity contribution in [3.05, 3.63) is 223 Å². The first-order chi connectivity index (χ1) is 37.3. The summed E-state index contributed by atoms with van der Waals surface area (Å²) in [5.41, 5.74) is 33.2. The average molecular weight is 1010 g/mol. The third-order valence-corrected chi connectivity index (χ3v) is 16.3. The first-order valence-corrected chi connectivity index (χ1v) is 27.3. The Kier molecular flexibility index (Phi) is 12.0. The molecule has 0 aliphatic carbocycles. The van der Waals surface area contributed by atoms with Crippen LogP contribution in [0, 0.1) is 108 Å². The summed E-state index contributed by atoms with van der Waals surface area (Å²) < 4.78 is 4.74. The Morgan fingerprint density at radius 1 is 0.321 bits per heavy atom. The molecule has 9 aromatic carbocycles. The lowest BCUT2D eigenvalue weighted by atomic mass is 9.92. The predicted octanol–water partition coefficient (Wildman–Crippen LogP) is 19.2. The highest BCUT2D eigenvalue weighted by Crippen LogP contribution is 2.45. The van der Waals surface area contributed by atoms with E-state index in [1.54, 1.807) is 0 Å². The van der Waals surface area contributed by atoms with Crippen molar-refractivity contribution < 1.29 is 0 Å². The van der Waals surface area contributed by atoms with Gasteiger partial charge in [0.25, 0.3) is 0 Å². The Balaban J connectivity index is 1.23. The molecule has 0 bridgehead atoms. The van der Waals surface area contributed by atoms with Crippen LogP contribution in [0.5, 0.6) is 0 Å². The standard InChI is InChI=1S/C73H65N5/c1-39-23-43(5)69(44(6)24-39)53-15-19-58-59-20-16-54(70-45(7)25-40(2)26-46(70)8)33-65(59)77(64(58)32-53)63-37-62(73-75-51(13)31-52(14)76-73)68(36-57(63)38-74)78-66-34-55(71-47(9)27-41(3)28-48(71)10)17-21-60(66)61-22-18-56(35-67(61)78)72-49(11)29-42(4)30-50(72)12/h15-37H,1-14H3. The van der Waals surface area contributed by atoms with Gasteiger partial charge in [0, 0.05) is 38.5 Å². The lowest BCUT2D eigenvalue weighted by molar-refractivity contribution is 1.05. The second kappa shape index (κ2) is 18.7. The van der Waals surface area contributed by atoms with Crippen molar-refractivity contribution in [2.45, 2.75) is 96.9 Å². The summed E-state index contributed by atoms with van der Waals surface area (Å²) in [7, 11) is 0. The van der Waals surface area contributed by atoms with Gasteiger partial charge in [-0.1, -0.05) is 119 Å². The molecule has 5 nitrogen and oxygen atoms in total. The maximum atomic E-state index is 11.9. The summed E-state index contributed by atoms with van der Waals surface area (Å²) in [5, 5.41) is 16.4. The monoisotopic (exact) mass is 1010 g/mol. The van der Waals surface area contributed by atoms with E-state index in [1.165, 1.54) is 89.0 Å². The minimum atomic E-state index is 0.538. The fraction of sp³-hybridized carbons (Fsp3) is 0.192. The third kappa shape index (κ3) is 8.21. The van der Waals surface area contributed by atoms with Crippen LogP contribution in [0.15, 0.2) is 140 Å². The van der Waals surface area contributed by atoms with Crippen molar-refractivity contribution in [1.82, 2.24) is 19.1 Å². The lowest BCUT2D eigenvalue weighted by Gasteiger charge is -2.20. The Bertz CT molecular complexity index is 4260. The van der Waals surface area contributed by atoms with Crippen LogP contribution in [0.25, 0.3) is 111 Å². The third-order valence-electron chi connectivity index (χ3n) is 16.3. The van der Waals surface area contributed by atoms with Gasteiger partial charge in [-0.3, -0.25) is 0 Å². The van der Waals surface area contributed by atoms with Crippen molar-refractivity contribution in [3.8, 4) is 73.3 Å². The maximum Gasteiger partial charge on any atom is 0.161 e. The Labute approximate surface area is 459 Å². The summed E-state index contributed by atoms with van der Waals surface area (Å²) in [5.74, 6) is 0.602. The van der Waals surface area contributed by atoms with E-state index in [0.717, 1.165) is 94.2 Å². The molecule has 382 valence electrons. The number of hydrogen-bond acceptors (Lipinski definition) is 3. The molecule has 0 fully saturated rings. The van der Waals surface area contributed by atoms with Gasteiger partial charge in [-0.2, -0.15) is 5.26 Å². The van der Waals surface area contributed by atoms with Crippen LogP contribution in [-0.2, 0) is 0 Å². The van der Waals surface area contributed by atoms with Crippen LogP contribution in [0.2, 0.25) is 0 Å². The summed E-state index contributed by atoms with van der Waals surface area (Å²) in [6.45, 7) is 30.5. The number of benzene rings is 9. The number of nitriles is 1. The van der Waals surface area contributed by atoms with Gasteiger partial charge in [-0.15, -0.1) is 0 Å². The minimum Gasteiger partial charge on any atom is -0.308 e. The molecular formula is C73H65N5. The number of rotatable bonds is 7. The van der Waals surface area contributed by atoms with Crippen LogP contribution in [0.4, 0.5) is 0 Å². The zero-order valence-corrected chi connectivity index (χ0v) is 47.5. The lowest BCUT2D eigenvalue weighted by Crippen LogP contribution is -2.06. The maximum absolute atomic E-state index is 11.9. The Morgan fingerprint density at radius 2 is 0.603 bits per heavy atom. The van der Waals surface area contributed by atoms with Gasteiger partial charge < -0.3 is 9.13 Å². The van der Waals surface area contributed by atoms with E-state index < -0.39 is 0 Å². The van der Waals surface area contributed by atoms with Gasteiger partial charge in [0.2, 0.25) is 0 Å². The highest BCUT2D eigenvalue weighted by Gasteiger charge is 2.26. The molecular weight excluding hydrogens is 947 g/mol. The number of nitrogens with zero attached hydrogens (tertiary/aromatic N) is 5. The molecule has 0 saturated heterocycles. The smallest absolute Gasteiger partial charge is 0.161 e. The fourth-order valence-corrected chi connectivity index (χ4v) is 13.8. The number of aromatic nitrogens is 4. The molecule has 0 unspecified atom stereocenters. The van der Waals surface area contributed by atoms with Gasteiger partial charge in [-0.05, 0) is 228 Å². The quantitative estimate of drug-likeness (QED) is 0.160. The van der Waals surface area contributed by atoms with Gasteiger partial charge in [-0.25, -0.2) is 9.97 Å². The van der Waals surface area contributed by atoms with E-state index in [1.807, 2.05) is 19.9 Å². The number of fused-ring (bicyclic) bond motifs is 6. The zero-order chi connectivity index (χ0) is 54.7. The summed E-state index contributed by atoms with van der Waals surface area (Å²) in [4.78, 5) is 10.5. The molecule has 5 heteroatoms. The molecule has 3 aromatic heterocycles. The Morgan fingerprint density at radius 3 is 0.885 bits per heavy atom. The van der Waals surface area contributed by atoms with Crippen molar-refractivity contribution in [3.63, 3.8) is 0 Å². The zero-order valence-electron chi connectivity index (χ0n) is 47.5. The van der Waals surface area contributed by atoms with Crippen molar-refractivity contribution in [2.24, 2.45) is 0 Å². The molecule has 3 heterocycles. The van der Waals surface area contributed by atoms with Crippen molar-refractivity contribution in [1.29, 1.82) is 5.26 Å². The van der Waals surface area contributed by atoms with Crippen LogP contribution in [0.1, 0.15) is 83.7 Å². The van der Waals surface area contributed by atoms with E-state index in [9.17, 15) is 5.26 Å². The molecule has 0 radical (unpaired) electrons. The molecule has 0 saturated carbocycles. The SMILES string of the molecule is Cc1cc(C)c(-c2ccc3c4ccc(-c5c(C)cc(C)cc5C)cc4n(-c4cc(-c5nc(C)cc(C)n5)c(-n5c6cc(-c7c(C)cc(C)cc7C)ccc6c6ccc(-c7c(C)cc(C)cc7C)cc65)cc4C#N)c3c2)c(C)c1. The molecule has 0 aliphatic rings. The average Bonchev–Trinajstić information content (AvgIpc) is 3.91. The summed E-state index contributed by atoms with van der Waals surface area (Å²) in [6, 6.07) is 55.0. The second-order valence-corrected chi connectivity index (χ2v) is 22.7. The van der Waals surface area contributed by atoms with Crippen molar-refractivity contribution >= 4 is 43.6 Å².